The van der Waals surface area contributed by atoms with Gasteiger partial charge in [0.1, 0.15) is 5.75 Å². The number of anilines is 1. The van der Waals surface area contributed by atoms with Gasteiger partial charge in [-0.15, -0.1) is 0 Å². The first-order valence-electron chi connectivity index (χ1n) is 9.71. The van der Waals surface area contributed by atoms with Crippen LogP contribution in [0.3, 0.4) is 0 Å². The maximum atomic E-state index is 12.9. The van der Waals surface area contributed by atoms with Gasteiger partial charge in [0.15, 0.2) is 0 Å². The number of nitrogens with one attached hydrogen (secondary N) is 1. The van der Waals surface area contributed by atoms with Crippen LogP contribution in [0.15, 0.2) is 71.6 Å². The van der Waals surface area contributed by atoms with Gasteiger partial charge in [-0.05, 0) is 53.9 Å². The molecule has 0 radical (unpaired) electrons. The highest BCUT2D eigenvalue weighted by Gasteiger charge is 2.26. The number of hydrogen-bond donors (Lipinski definition) is 1. The van der Waals surface area contributed by atoms with E-state index in [1.54, 1.807) is 17.0 Å². The summed E-state index contributed by atoms with van der Waals surface area (Å²) in [6.07, 6.45) is 0.768. The number of carbonyl (C=O) groups is 1. The Morgan fingerprint density at radius 2 is 1.87 bits per heavy atom. The molecule has 1 N–H and O–H groups in total. The molecule has 0 aliphatic carbocycles. The smallest absolute Gasteiger partial charge is 0.258 e. The number of fused-ring (bicyclic) bond motifs is 1. The fourth-order valence-corrected chi connectivity index (χ4v) is 4.92. The van der Waals surface area contributed by atoms with E-state index in [0.717, 1.165) is 23.2 Å². The maximum Gasteiger partial charge on any atom is 0.258 e. The van der Waals surface area contributed by atoms with E-state index in [0.29, 0.717) is 17.9 Å². The van der Waals surface area contributed by atoms with Crippen LogP contribution >= 0.6 is 11.6 Å². The van der Waals surface area contributed by atoms with Gasteiger partial charge in [0.05, 0.1) is 17.0 Å². The zero-order chi connectivity index (χ0) is 22.0. The van der Waals surface area contributed by atoms with Gasteiger partial charge >= 0.3 is 0 Å². The number of carbonyl (C=O) groups excluding carboxylic acids is 1. The molecule has 3 aromatic carbocycles. The van der Waals surface area contributed by atoms with E-state index in [1.165, 1.54) is 25.3 Å². The van der Waals surface area contributed by atoms with E-state index in [9.17, 15) is 13.2 Å². The number of benzene rings is 3. The zero-order valence-electron chi connectivity index (χ0n) is 16.8. The number of halogens is 1. The lowest BCUT2D eigenvalue weighted by molar-refractivity contribution is 0.0989. The lowest BCUT2D eigenvalue weighted by atomic mass is 10.1. The number of nitrogens with zero attached hydrogens (tertiary/aromatic N) is 1. The van der Waals surface area contributed by atoms with E-state index in [-0.39, 0.29) is 22.4 Å². The molecule has 0 unspecified atom stereocenters. The summed E-state index contributed by atoms with van der Waals surface area (Å²) in [4.78, 5) is 14.7. The largest absolute Gasteiger partial charge is 0.495 e. The molecule has 1 aliphatic heterocycles. The average molecular weight is 457 g/mol. The molecule has 3 aromatic rings. The maximum absolute atomic E-state index is 12.9. The highest BCUT2D eigenvalue weighted by molar-refractivity contribution is 7.89. The van der Waals surface area contributed by atoms with Crippen molar-refractivity contribution < 1.29 is 17.9 Å². The second-order valence-electron chi connectivity index (χ2n) is 7.16. The first-order valence-corrected chi connectivity index (χ1v) is 11.6. The number of methoxy groups -OCH3 is 1. The van der Waals surface area contributed by atoms with Crippen molar-refractivity contribution in [2.75, 3.05) is 18.6 Å². The lowest BCUT2D eigenvalue weighted by Gasteiger charge is -2.18. The molecule has 4 rings (SSSR count). The van der Waals surface area contributed by atoms with Crippen LogP contribution in [0.5, 0.6) is 5.75 Å². The summed E-state index contributed by atoms with van der Waals surface area (Å²) in [5, 5.41) is 0.220. The Hall–Kier alpha value is -2.87. The second kappa shape index (κ2) is 8.70. The van der Waals surface area contributed by atoms with Gasteiger partial charge in [0.25, 0.3) is 5.91 Å². The van der Waals surface area contributed by atoms with Crippen LogP contribution in [0.4, 0.5) is 5.69 Å². The summed E-state index contributed by atoms with van der Waals surface area (Å²) in [7, 11) is -2.30. The van der Waals surface area contributed by atoms with Crippen LogP contribution in [0.1, 0.15) is 21.5 Å². The topological polar surface area (TPSA) is 75.7 Å². The van der Waals surface area contributed by atoms with Crippen molar-refractivity contribution in [3.8, 4) is 5.75 Å². The van der Waals surface area contributed by atoms with Gasteiger partial charge in [0, 0.05) is 24.3 Å². The van der Waals surface area contributed by atoms with Crippen molar-refractivity contribution in [1.82, 2.24) is 4.72 Å². The molecule has 6 nitrogen and oxygen atoms in total. The van der Waals surface area contributed by atoms with E-state index in [1.807, 2.05) is 36.4 Å². The third-order valence-electron chi connectivity index (χ3n) is 5.21. The summed E-state index contributed by atoms with van der Waals surface area (Å²) in [5.41, 5.74) is 3.27. The molecule has 0 saturated carbocycles. The summed E-state index contributed by atoms with van der Waals surface area (Å²) in [5.74, 6) is 0.340. The molecule has 0 bridgehead atoms. The number of amides is 1. The minimum Gasteiger partial charge on any atom is -0.495 e. The van der Waals surface area contributed by atoms with Gasteiger partial charge in [-0.25, -0.2) is 13.1 Å². The first kappa shape index (κ1) is 21.4. The van der Waals surface area contributed by atoms with Gasteiger partial charge in [-0.3, -0.25) is 4.79 Å². The molecule has 1 amide bonds. The standard InChI is InChI=1S/C23H21ClN2O4S/c1-30-22-10-9-19(14-20(22)24)31(28,29)25-15-16-7-8-17-11-12-26(21(17)13-16)23(27)18-5-3-2-4-6-18/h2-10,13-14,25H,11-12,15H2,1H3. The molecule has 0 fully saturated rings. The minimum atomic E-state index is -3.76. The van der Waals surface area contributed by atoms with Gasteiger partial charge in [-0.2, -0.15) is 0 Å². The molecular weight excluding hydrogens is 436 g/mol. The monoisotopic (exact) mass is 456 g/mol. The molecule has 31 heavy (non-hydrogen) atoms. The highest BCUT2D eigenvalue weighted by atomic mass is 35.5. The van der Waals surface area contributed by atoms with Crippen molar-refractivity contribution in [3.63, 3.8) is 0 Å². The molecular formula is C23H21ClN2O4S. The fraction of sp³-hybridized carbons (Fsp3) is 0.174. The Morgan fingerprint density at radius 1 is 1.10 bits per heavy atom. The summed E-state index contributed by atoms with van der Waals surface area (Å²) < 4.78 is 33.0. The predicted octanol–water partition coefficient (Wildman–Crippen LogP) is 4.03. The molecule has 160 valence electrons. The van der Waals surface area contributed by atoms with Gasteiger partial charge < -0.3 is 9.64 Å². The third kappa shape index (κ3) is 4.44. The minimum absolute atomic E-state index is 0.0559. The summed E-state index contributed by atoms with van der Waals surface area (Å²) in [6.45, 7) is 0.690. The SMILES string of the molecule is COc1ccc(S(=O)(=O)NCc2ccc3c(c2)N(C(=O)c2ccccc2)CC3)cc1Cl. The van der Waals surface area contributed by atoms with Crippen LogP contribution in [-0.2, 0) is 23.0 Å². The molecule has 1 aliphatic rings. The van der Waals surface area contributed by atoms with Crippen molar-refractivity contribution in [2.45, 2.75) is 17.9 Å². The summed E-state index contributed by atoms with van der Waals surface area (Å²) in [6, 6.07) is 19.1. The second-order valence-corrected chi connectivity index (χ2v) is 9.33. The summed E-state index contributed by atoms with van der Waals surface area (Å²) >= 11 is 6.06. The molecule has 8 heteroatoms. The number of hydrogen-bond acceptors (Lipinski definition) is 4. The number of ether oxygens (including phenoxy) is 1. The Labute approximate surface area is 186 Å². The zero-order valence-corrected chi connectivity index (χ0v) is 18.4. The van der Waals surface area contributed by atoms with Crippen molar-refractivity contribution in [2.24, 2.45) is 0 Å². The van der Waals surface area contributed by atoms with Crippen molar-refractivity contribution in [1.29, 1.82) is 0 Å². The molecule has 0 atom stereocenters. The quantitative estimate of drug-likeness (QED) is 0.607. The van der Waals surface area contributed by atoms with Gasteiger partial charge in [-0.1, -0.05) is 41.9 Å². The van der Waals surface area contributed by atoms with E-state index >= 15 is 0 Å². The van der Waals surface area contributed by atoms with Crippen LogP contribution in [0, 0.1) is 0 Å². The van der Waals surface area contributed by atoms with E-state index < -0.39 is 10.0 Å². The van der Waals surface area contributed by atoms with Crippen molar-refractivity contribution in [3.05, 3.63) is 88.4 Å². The highest BCUT2D eigenvalue weighted by Crippen LogP contribution is 2.31. The van der Waals surface area contributed by atoms with Crippen molar-refractivity contribution >= 4 is 33.2 Å². The molecule has 1 heterocycles. The number of rotatable bonds is 6. The van der Waals surface area contributed by atoms with Crippen LogP contribution in [0.2, 0.25) is 5.02 Å². The Morgan fingerprint density at radius 3 is 2.58 bits per heavy atom. The van der Waals surface area contributed by atoms with E-state index in [4.69, 9.17) is 16.3 Å². The Bertz CT molecular complexity index is 1230. The Balaban J connectivity index is 1.52. The van der Waals surface area contributed by atoms with Crippen LogP contribution < -0.4 is 14.4 Å². The fourth-order valence-electron chi connectivity index (χ4n) is 3.56. The average Bonchev–Trinajstić information content (AvgIpc) is 3.21. The van der Waals surface area contributed by atoms with Gasteiger partial charge in [0.2, 0.25) is 10.0 Å². The van der Waals surface area contributed by atoms with Crippen LogP contribution in [0.25, 0.3) is 0 Å². The Kier molecular flexibility index (Phi) is 6.00. The predicted molar refractivity (Wildman–Crippen MR) is 120 cm³/mol. The molecule has 0 spiro atoms. The number of sulfonamides is 1. The normalized spacial score (nSPS) is 13.2. The van der Waals surface area contributed by atoms with E-state index in [2.05, 4.69) is 4.72 Å². The van der Waals surface area contributed by atoms with Crippen LogP contribution in [-0.4, -0.2) is 28.0 Å². The molecule has 0 aromatic heterocycles. The third-order valence-corrected chi connectivity index (χ3v) is 6.91. The molecule has 0 saturated heterocycles. The lowest BCUT2D eigenvalue weighted by Crippen LogP contribution is -2.29. The first-order chi connectivity index (χ1) is 14.9.